The van der Waals surface area contributed by atoms with E-state index in [1.807, 2.05) is 30.9 Å². The highest BCUT2D eigenvalue weighted by Crippen LogP contribution is 2.18. The first kappa shape index (κ1) is 14.5. The summed E-state index contributed by atoms with van der Waals surface area (Å²) >= 11 is 1.85. The molecule has 1 rings (SSSR count). The van der Waals surface area contributed by atoms with E-state index < -0.39 is 0 Å². The molecule has 1 atom stereocenters. The third-order valence-corrected chi connectivity index (χ3v) is 3.76. The first-order valence-corrected chi connectivity index (χ1v) is 7.22. The fourth-order valence-corrected chi connectivity index (χ4v) is 2.46. The van der Waals surface area contributed by atoms with E-state index in [2.05, 4.69) is 29.8 Å². The van der Waals surface area contributed by atoms with Crippen molar-refractivity contribution in [2.24, 2.45) is 5.73 Å². The van der Waals surface area contributed by atoms with Gasteiger partial charge in [0.05, 0.1) is 5.69 Å². The Morgan fingerprint density at radius 3 is 2.53 bits per heavy atom. The molecule has 17 heavy (non-hydrogen) atoms. The number of thioether (sulfide) groups is 1. The van der Waals surface area contributed by atoms with E-state index in [-0.39, 0.29) is 6.04 Å². The van der Waals surface area contributed by atoms with Crippen LogP contribution >= 0.6 is 11.8 Å². The molecule has 1 heterocycles. The van der Waals surface area contributed by atoms with Crippen molar-refractivity contribution in [3.63, 3.8) is 0 Å². The first-order valence-electron chi connectivity index (χ1n) is 6.24. The average Bonchev–Trinajstić information content (AvgIpc) is 2.35. The second-order valence-corrected chi connectivity index (χ2v) is 5.25. The maximum Gasteiger partial charge on any atom is 0.0569 e. The molecule has 0 aliphatic heterocycles. The Morgan fingerprint density at radius 2 is 2.06 bits per heavy atom. The second-order valence-electron chi connectivity index (χ2n) is 4.08. The topological polar surface area (TPSA) is 42.1 Å². The van der Waals surface area contributed by atoms with E-state index in [0.29, 0.717) is 0 Å². The molecule has 1 aromatic heterocycles. The number of hydrogen-bond acceptors (Lipinski definition) is 4. The summed E-state index contributed by atoms with van der Waals surface area (Å²) in [5.41, 5.74) is 6.72. The van der Waals surface area contributed by atoms with E-state index in [1.165, 1.54) is 4.90 Å². The van der Waals surface area contributed by atoms with Gasteiger partial charge in [0.15, 0.2) is 0 Å². The minimum absolute atomic E-state index is 0.0183. The Hall–Kier alpha value is -0.580. The highest BCUT2D eigenvalue weighted by Gasteiger charge is 2.02. The highest BCUT2D eigenvalue weighted by molar-refractivity contribution is 7.99. The smallest absolute Gasteiger partial charge is 0.0569 e. The summed E-state index contributed by atoms with van der Waals surface area (Å²) < 4.78 is 0. The Kier molecular flexibility index (Phi) is 6.55. The molecule has 2 N–H and O–H groups in total. The van der Waals surface area contributed by atoms with Crippen LogP contribution in [0.1, 0.15) is 32.5 Å². The predicted octanol–water partition coefficient (Wildman–Crippen LogP) is 2.54. The number of rotatable bonds is 7. The minimum Gasteiger partial charge on any atom is -0.323 e. The van der Waals surface area contributed by atoms with E-state index in [1.54, 1.807) is 0 Å². The third kappa shape index (κ3) is 5.06. The Bertz CT molecular complexity index is 307. The fourth-order valence-electron chi connectivity index (χ4n) is 1.58. The Labute approximate surface area is 109 Å². The van der Waals surface area contributed by atoms with Crippen molar-refractivity contribution in [3.05, 3.63) is 24.0 Å². The summed E-state index contributed by atoms with van der Waals surface area (Å²) in [5, 5.41) is 0. The van der Waals surface area contributed by atoms with E-state index in [9.17, 15) is 0 Å². The SMILES string of the molecule is CCN(CC)CCSc1ccc([C@@H](C)N)nc1. The van der Waals surface area contributed by atoms with Crippen molar-refractivity contribution in [1.82, 2.24) is 9.88 Å². The summed E-state index contributed by atoms with van der Waals surface area (Å²) in [6.07, 6.45) is 1.92. The third-order valence-electron chi connectivity index (χ3n) is 2.80. The quantitative estimate of drug-likeness (QED) is 0.758. The van der Waals surface area contributed by atoms with Gasteiger partial charge >= 0.3 is 0 Å². The van der Waals surface area contributed by atoms with Gasteiger partial charge in [-0.25, -0.2) is 0 Å². The van der Waals surface area contributed by atoms with Crippen molar-refractivity contribution in [1.29, 1.82) is 0 Å². The molecule has 0 aliphatic carbocycles. The normalized spacial score (nSPS) is 13.0. The lowest BCUT2D eigenvalue weighted by atomic mass is 10.2. The lowest BCUT2D eigenvalue weighted by Gasteiger charge is -2.17. The number of aromatic nitrogens is 1. The van der Waals surface area contributed by atoms with Gasteiger partial charge in [-0.05, 0) is 32.1 Å². The van der Waals surface area contributed by atoms with E-state index in [0.717, 1.165) is 31.1 Å². The second kappa shape index (κ2) is 7.69. The van der Waals surface area contributed by atoms with Crippen LogP contribution in [0.15, 0.2) is 23.2 Å². The molecule has 3 nitrogen and oxygen atoms in total. The number of hydrogen-bond donors (Lipinski definition) is 1. The first-order chi connectivity index (χ1) is 8.17. The van der Waals surface area contributed by atoms with Crippen LogP contribution in [0.3, 0.4) is 0 Å². The molecule has 0 aromatic carbocycles. The molecular weight excluding hydrogens is 230 g/mol. The molecule has 0 saturated carbocycles. The van der Waals surface area contributed by atoms with Gasteiger partial charge < -0.3 is 10.6 Å². The van der Waals surface area contributed by atoms with Crippen LogP contribution in [0, 0.1) is 0 Å². The molecule has 0 unspecified atom stereocenters. The molecule has 1 aromatic rings. The van der Waals surface area contributed by atoms with Gasteiger partial charge in [-0.3, -0.25) is 4.98 Å². The van der Waals surface area contributed by atoms with Gasteiger partial charge in [0.2, 0.25) is 0 Å². The highest BCUT2D eigenvalue weighted by atomic mass is 32.2. The van der Waals surface area contributed by atoms with Crippen LogP contribution < -0.4 is 5.73 Å². The van der Waals surface area contributed by atoms with Crippen molar-refractivity contribution in [3.8, 4) is 0 Å². The summed E-state index contributed by atoms with van der Waals surface area (Å²) in [4.78, 5) is 8.01. The zero-order valence-electron chi connectivity index (χ0n) is 11.0. The summed E-state index contributed by atoms with van der Waals surface area (Å²) in [6.45, 7) is 9.74. The molecule has 0 fully saturated rings. The van der Waals surface area contributed by atoms with Gasteiger partial charge in [0, 0.05) is 29.4 Å². The standard InChI is InChI=1S/C13H23N3S/c1-4-16(5-2)8-9-17-12-6-7-13(11(3)14)15-10-12/h6-7,10-11H,4-5,8-9,14H2,1-3H3/t11-/m1/s1. The molecule has 0 saturated heterocycles. The van der Waals surface area contributed by atoms with E-state index in [4.69, 9.17) is 5.73 Å². The van der Waals surface area contributed by atoms with Crippen LogP contribution in [-0.4, -0.2) is 35.3 Å². The van der Waals surface area contributed by atoms with Crippen LogP contribution in [0.25, 0.3) is 0 Å². The molecule has 0 aliphatic rings. The largest absolute Gasteiger partial charge is 0.323 e. The van der Waals surface area contributed by atoms with Crippen LogP contribution in [0.2, 0.25) is 0 Å². The molecular formula is C13H23N3S. The van der Waals surface area contributed by atoms with Crippen LogP contribution in [-0.2, 0) is 0 Å². The Morgan fingerprint density at radius 1 is 1.35 bits per heavy atom. The van der Waals surface area contributed by atoms with E-state index >= 15 is 0 Å². The number of nitrogens with two attached hydrogens (primary N) is 1. The van der Waals surface area contributed by atoms with Crippen LogP contribution in [0.5, 0.6) is 0 Å². The molecule has 0 radical (unpaired) electrons. The molecule has 0 spiro atoms. The predicted molar refractivity (Wildman–Crippen MR) is 75.4 cm³/mol. The summed E-state index contributed by atoms with van der Waals surface area (Å²) in [5.74, 6) is 1.11. The molecule has 0 amide bonds. The van der Waals surface area contributed by atoms with Crippen molar-refractivity contribution in [2.45, 2.75) is 31.7 Å². The van der Waals surface area contributed by atoms with Gasteiger partial charge in [0.1, 0.15) is 0 Å². The molecule has 96 valence electrons. The zero-order chi connectivity index (χ0) is 12.7. The van der Waals surface area contributed by atoms with Gasteiger partial charge in [-0.1, -0.05) is 13.8 Å². The fraction of sp³-hybridized carbons (Fsp3) is 0.615. The number of nitrogens with zero attached hydrogens (tertiary/aromatic N) is 2. The lowest BCUT2D eigenvalue weighted by Crippen LogP contribution is -2.25. The summed E-state index contributed by atoms with van der Waals surface area (Å²) in [7, 11) is 0. The lowest BCUT2D eigenvalue weighted by molar-refractivity contribution is 0.324. The maximum absolute atomic E-state index is 5.76. The summed E-state index contributed by atoms with van der Waals surface area (Å²) in [6, 6.07) is 4.15. The zero-order valence-corrected chi connectivity index (χ0v) is 11.8. The van der Waals surface area contributed by atoms with Crippen molar-refractivity contribution in [2.75, 3.05) is 25.4 Å². The monoisotopic (exact) mass is 253 g/mol. The molecule has 0 bridgehead atoms. The van der Waals surface area contributed by atoms with Crippen molar-refractivity contribution < 1.29 is 0 Å². The maximum atomic E-state index is 5.76. The van der Waals surface area contributed by atoms with Gasteiger partial charge in [-0.15, -0.1) is 11.8 Å². The van der Waals surface area contributed by atoms with Gasteiger partial charge in [-0.2, -0.15) is 0 Å². The van der Waals surface area contributed by atoms with Crippen molar-refractivity contribution >= 4 is 11.8 Å². The Balaban J connectivity index is 2.37. The molecule has 4 heteroatoms. The average molecular weight is 253 g/mol. The van der Waals surface area contributed by atoms with Gasteiger partial charge in [0.25, 0.3) is 0 Å². The van der Waals surface area contributed by atoms with Crippen LogP contribution in [0.4, 0.5) is 0 Å². The number of pyridine rings is 1. The minimum atomic E-state index is 0.0183.